The van der Waals surface area contributed by atoms with Gasteiger partial charge in [-0.1, -0.05) is 23.8 Å². The van der Waals surface area contributed by atoms with Gasteiger partial charge >= 0.3 is 0 Å². The molecule has 108 valence electrons. The number of aryl methyl sites for hydroxylation is 3. The molecule has 0 amide bonds. The molecule has 0 fully saturated rings. The van der Waals surface area contributed by atoms with Gasteiger partial charge in [0.2, 0.25) is 10.0 Å². The molecule has 2 rings (SSSR count). The predicted molar refractivity (Wildman–Crippen MR) is 77.9 cm³/mol. The van der Waals surface area contributed by atoms with Crippen LogP contribution in [0.25, 0.3) is 0 Å². The zero-order chi connectivity index (χ0) is 14.9. The lowest BCUT2D eigenvalue weighted by atomic mass is 10.0. The van der Waals surface area contributed by atoms with Gasteiger partial charge in [0.25, 0.3) is 0 Å². The Balaban J connectivity index is 2.27. The van der Waals surface area contributed by atoms with Crippen LogP contribution in [0.2, 0.25) is 0 Å². The minimum absolute atomic E-state index is 0.178. The standard InChI is InChI=1S/C14H19N3O2S/c1-10-5-6-11(2)14(7-10)12(3)16-20(18,19)13-8-15-17(4)9-13/h5-9,12,16H,1-4H3/t12-/m0/s1. The van der Waals surface area contributed by atoms with E-state index in [1.165, 1.54) is 17.1 Å². The van der Waals surface area contributed by atoms with E-state index in [9.17, 15) is 8.42 Å². The first-order valence-corrected chi connectivity index (χ1v) is 7.86. The van der Waals surface area contributed by atoms with Crippen LogP contribution in [-0.4, -0.2) is 18.2 Å². The summed E-state index contributed by atoms with van der Waals surface area (Å²) in [6.45, 7) is 5.81. The molecule has 1 atom stereocenters. The van der Waals surface area contributed by atoms with E-state index < -0.39 is 10.0 Å². The lowest BCUT2D eigenvalue weighted by molar-refractivity contribution is 0.566. The zero-order valence-corrected chi connectivity index (χ0v) is 12.9. The number of hydrogen-bond acceptors (Lipinski definition) is 3. The first-order chi connectivity index (χ1) is 9.29. The molecule has 0 saturated carbocycles. The Bertz CT molecular complexity index is 720. The summed E-state index contributed by atoms with van der Waals surface area (Å²) in [7, 11) is -1.86. The first kappa shape index (κ1) is 14.7. The van der Waals surface area contributed by atoms with Crippen LogP contribution in [-0.2, 0) is 17.1 Å². The highest BCUT2D eigenvalue weighted by Gasteiger charge is 2.20. The van der Waals surface area contributed by atoms with E-state index in [1.807, 2.05) is 39.0 Å². The Hall–Kier alpha value is -1.66. The van der Waals surface area contributed by atoms with Crippen molar-refractivity contribution >= 4 is 10.0 Å². The smallest absolute Gasteiger partial charge is 0.244 e. The van der Waals surface area contributed by atoms with Gasteiger partial charge in [0.15, 0.2) is 0 Å². The summed E-state index contributed by atoms with van der Waals surface area (Å²) < 4.78 is 28.7. The van der Waals surface area contributed by atoms with Crippen molar-refractivity contribution in [3.8, 4) is 0 Å². The number of benzene rings is 1. The third-order valence-electron chi connectivity index (χ3n) is 3.22. The summed E-state index contributed by atoms with van der Waals surface area (Å²) in [5, 5.41) is 3.89. The second-order valence-corrected chi connectivity index (χ2v) is 6.77. The fourth-order valence-corrected chi connectivity index (χ4v) is 3.33. The molecule has 1 N–H and O–H groups in total. The van der Waals surface area contributed by atoms with Gasteiger partial charge in [0.1, 0.15) is 4.90 Å². The Kier molecular flexibility index (Phi) is 3.96. The van der Waals surface area contributed by atoms with Crippen LogP contribution >= 0.6 is 0 Å². The third-order valence-corrected chi connectivity index (χ3v) is 4.72. The van der Waals surface area contributed by atoms with Gasteiger partial charge in [0, 0.05) is 19.3 Å². The average Bonchev–Trinajstić information content (AvgIpc) is 2.79. The molecular formula is C14H19N3O2S. The Morgan fingerprint density at radius 3 is 2.60 bits per heavy atom. The summed E-state index contributed by atoms with van der Waals surface area (Å²) in [6.07, 6.45) is 2.83. The molecule has 2 aromatic rings. The fourth-order valence-electron chi connectivity index (χ4n) is 2.13. The molecule has 5 nitrogen and oxygen atoms in total. The van der Waals surface area contributed by atoms with Gasteiger partial charge in [0.05, 0.1) is 6.20 Å². The van der Waals surface area contributed by atoms with Gasteiger partial charge < -0.3 is 0 Å². The van der Waals surface area contributed by atoms with E-state index in [4.69, 9.17) is 0 Å². The highest BCUT2D eigenvalue weighted by Crippen LogP contribution is 2.21. The summed E-state index contributed by atoms with van der Waals surface area (Å²) in [5.41, 5.74) is 3.16. The quantitative estimate of drug-likeness (QED) is 0.938. The van der Waals surface area contributed by atoms with Gasteiger partial charge in [-0.25, -0.2) is 13.1 Å². The number of sulfonamides is 1. The maximum atomic E-state index is 12.3. The van der Waals surface area contributed by atoms with Crippen LogP contribution in [0.15, 0.2) is 35.5 Å². The molecule has 6 heteroatoms. The van der Waals surface area contributed by atoms with Gasteiger partial charge in [-0.15, -0.1) is 0 Å². The van der Waals surface area contributed by atoms with E-state index in [0.29, 0.717) is 0 Å². The second kappa shape index (κ2) is 5.38. The van der Waals surface area contributed by atoms with Crippen LogP contribution < -0.4 is 4.72 Å². The molecule has 1 aromatic carbocycles. The molecule has 1 aromatic heterocycles. The Morgan fingerprint density at radius 1 is 1.30 bits per heavy atom. The van der Waals surface area contributed by atoms with E-state index >= 15 is 0 Å². The van der Waals surface area contributed by atoms with E-state index in [1.54, 1.807) is 7.05 Å². The lowest BCUT2D eigenvalue weighted by Gasteiger charge is -2.16. The van der Waals surface area contributed by atoms with Crippen molar-refractivity contribution in [2.45, 2.75) is 31.7 Å². The third kappa shape index (κ3) is 3.08. The minimum atomic E-state index is -3.55. The van der Waals surface area contributed by atoms with Crippen LogP contribution in [0.1, 0.15) is 29.7 Å². The molecule has 0 spiro atoms. The normalized spacial score (nSPS) is 13.4. The molecule has 1 heterocycles. The van der Waals surface area contributed by atoms with Crippen LogP contribution in [0, 0.1) is 13.8 Å². The maximum Gasteiger partial charge on any atom is 0.244 e. The SMILES string of the molecule is Cc1ccc(C)c([C@H](C)NS(=O)(=O)c2cnn(C)c2)c1. The van der Waals surface area contributed by atoms with Gasteiger partial charge in [-0.05, 0) is 31.9 Å². The molecule has 0 unspecified atom stereocenters. The van der Waals surface area contributed by atoms with Crippen molar-refractivity contribution < 1.29 is 8.42 Å². The minimum Gasteiger partial charge on any atom is -0.274 e. The molecule has 0 radical (unpaired) electrons. The fraction of sp³-hybridized carbons (Fsp3) is 0.357. The number of hydrogen-bond donors (Lipinski definition) is 1. The maximum absolute atomic E-state index is 12.3. The number of nitrogens with one attached hydrogen (secondary N) is 1. The lowest BCUT2D eigenvalue weighted by Crippen LogP contribution is -2.27. The summed E-state index contributed by atoms with van der Waals surface area (Å²) >= 11 is 0. The first-order valence-electron chi connectivity index (χ1n) is 6.38. The Labute approximate surface area is 119 Å². The molecule has 20 heavy (non-hydrogen) atoms. The second-order valence-electron chi connectivity index (χ2n) is 5.05. The average molecular weight is 293 g/mol. The highest BCUT2D eigenvalue weighted by atomic mass is 32.2. The monoisotopic (exact) mass is 293 g/mol. The largest absolute Gasteiger partial charge is 0.274 e. The van der Waals surface area contributed by atoms with Crippen LogP contribution in [0.5, 0.6) is 0 Å². The van der Waals surface area contributed by atoms with Crippen molar-refractivity contribution in [3.63, 3.8) is 0 Å². The topological polar surface area (TPSA) is 64.0 Å². The van der Waals surface area contributed by atoms with Gasteiger partial charge in [-0.2, -0.15) is 5.10 Å². The zero-order valence-electron chi connectivity index (χ0n) is 12.1. The van der Waals surface area contributed by atoms with Crippen molar-refractivity contribution in [1.82, 2.24) is 14.5 Å². The summed E-state index contributed by atoms with van der Waals surface area (Å²) in [5.74, 6) is 0. The number of rotatable bonds is 4. The van der Waals surface area contributed by atoms with E-state index in [0.717, 1.165) is 16.7 Å². The van der Waals surface area contributed by atoms with Crippen molar-refractivity contribution in [1.29, 1.82) is 0 Å². The van der Waals surface area contributed by atoms with Crippen molar-refractivity contribution in [3.05, 3.63) is 47.3 Å². The molecule has 0 bridgehead atoms. The molecule has 0 saturated heterocycles. The molecular weight excluding hydrogens is 274 g/mol. The van der Waals surface area contributed by atoms with E-state index in [2.05, 4.69) is 9.82 Å². The number of nitrogens with zero attached hydrogens (tertiary/aromatic N) is 2. The molecule has 0 aliphatic heterocycles. The summed E-state index contributed by atoms with van der Waals surface area (Å²) in [6, 6.07) is 5.73. The van der Waals surface area contributed by atoms with Crippen LogP contribution in [0.3, 0.4) is 0 Å². The molecule has 0 aliphatic rings. The Morgan fingerprint density at radius 2 is 2.00 bits per heavy atom. The van der Waals surface area contributed by atoms with Crippen molar-refractivity contribution in [2.24, 2.45) is 7.05 Å². The van der Waals surface area contributed by atoms with Gasteiger partial charge in [-0.3, -0.25) is 4.68 Å². The van der Waals surface area contributed by atoms with Crippen LogP contribution in [0.4, 0.5) is 0 Å². The molecule has 0 aliphatic carbocycles. The summed E-state index contributed by atoms with van der Waals surface area (Å²) in [4.78, 5) is 0.178. The number of aromatic nitrogens is 2. The van der Waals surface area contributed by atoms with E-state index in [-0.39, 0.29) is 10.9 Å². The highest BCUT2D eigenvalue weighted by molar-refractivity contribution is 7.89. The van der Waals surface area contributed by atoms with Crippen molar-refractivity contribution in [2.75, 3.05) is 0 Å². The predicted octanol–water partition coefficient (Wildman–Crippen LogP) is 2.08.